The van der Waals surface area contributed by atoms with E-state index in [1.165, 1.54) is 7.11 Å². The number of alkyl halides is 3. The molecule has 0 aliphatic carbocycles. The molecule has 0 saturated carbocycles. The third-order valence-corrected chi connectivity index (χ3v) is 2.60. The number of hydrogen-bond donors (Lipinski definition) is 2. The topological polar surface area (TPSA) is 84.9 Å². The van der Waals surface area contributed by atoms with Gasteiger partial charge in [0.25, 0.3) is 5.91 Å². The van der Waals surface area contributed by atoms with Crippen LogP contribution in [0, 0.1) is 0 Å². The van der Waals surface area contributed by atoms with Gasteiger partial charge in [0.15, 0.2) is 12.7 Å². The number of methoxy groups -OCH3 is 1. The van der Waals surface area contributed by atoms with Crippen LogP contribution < -0.4 is 10.1 Å². The van der Waals surface area contributed by atoms with Crippen LogP contribution in [0.4, 0.5) is 13.2 Å². The first-order valence-corrected chi connectivity index (χ1v) is 6.06. The van der Waals surface area contributed by atoms with Crippen LogP contribution in [0.5, 0.6) is 5.75 Å². The van der Waals surface area contributed by atoms with Crippen molar-refractivity contribution in [2.75, 3.05) is 20.3 Å². The lowest BCUT2D eigenvalue weighted by atomic mass is 10.2. The largest absolute Gasteiger partial charge is 0.484 e. The fourth-order valence-corrected chi connectivity index (χ4v) is 1.42. The van der Waals surface area contributed by atoms with E-state index in [2.05, 4.69) is 10.1 Å². The number of carboxylic acids is 1. The lowest BCUT2D eigenvalue weighted by molar-refractivity contribution is -0.148. The first-order valence-electron chi connectivity index (χ1n) is 6.06. The zero-order chi connectivity index (χ0) is 16.8. The second-order valence-electron chi connectivity index (χ2n) is 4.18. The second kappa shape index (κ2) is 7.64. The molecule has 122 valence electrons. The van der Waals surface area contributed by atoms with Crippen molar-refractivity contribution < 1.29 is 37.3 Å². The highest BCUT2D eigenvalue weighted by molar-refractivity contribution is 5.79. The Kier molecular flexibility index (Phi) is 6.17. The van der Waals surface area contributed by atoms with E-state index in [-0.39, 0.29) is 12.3 Å². The van der Waals surface area contributed by atoms with E-state index in [0.29, 0.717) is 0 Å². The first kappa shape index (κ1) is 17.8. The maximum atomic E-state index is 12.3. The summed E-state index contributed by atoms with van der Waals surface area (Å²) in [5.74, 6) is -1.76. The van der Waals surface area contributed by atoms with E-state index < -0.39 is 36.3 Å². The van der Waals surface area contributed by atoms with Gasteiger partial charge in [-0.2, -0.15) is 13.2 Å². The summed E-state index contributed by atoms with van der Waals surface area (Å²) >= 11 is 0. The Balaban J connectivity index is 2.43. The summed E-state index contributed by atoms with van der Waals surface area (Å²) in [6.07, 6.45) is -5.63. The molecule has 0 saturated heterocycles. The molecule has 0 bridgehead atoms. The second-order valence-corrected chi connectivity index (χ2v) is 4.18. The molecule has 1 atom stereocenters. The highest BCUT2D eigenvalue weighted by atomic mass is 19.4. The van der Waals surface area contributed by atoms with E-state index in [4.69, 9.17) is 9.84 Å². The zero-order valence-electron chi connectivity index (χ0n) is 11.5. The molecule has 6 nitrogen and oxygen atoms in total. The predicted octanol–water partition coefficient (Wildman–Crippen LogP) is 1.30. The van der Waals surface area contributed by atoms with Crippen molar-refractivity contribution in [3.63, 3.8) is 0 Å². The van der Waals surface area contributed by atoms with Gasteiger partial charge in [0.2, 0.25) is 0 Å². The van der Waals surface area contributed by atoms with Crippen LogP contribution in [0.3, 0.4) is 0 Å². The molecule has 1 unspecified atom stereocenters. The highest BCUT2D eigenvalue weighted by Crippen LogP contribution is 2.30. The van der Waals surface area contributed by atoms with E-state index in [1.807, 2.05) is 0 Å². The average Bonchev–Trinajstić information content (AvgIpc) is 2.45. The van der Waals surface area contributed by atoms with Gasteiger partial charge in [-0.3, -0.25) is 4.79 Å². The molecule has 2 N–H and O–H groups in total. The third kappa shape index (κ3) is 5.60. The molecule has 0 fully saturated rings. The van der Waals surface area contributed by atoms with Crippen LogP contribution in [-0.4, -0.2) is 43.3 Å². The molecule has 1 rings (SSSR count). The molecule has 22 heavy (non-hydrogen) atoms. The molecule has 0 spiro atoms. The lowest BCUT2D eigenvalue weighted by Gasteiger charge is -2.12. The predicted molar refractivity (Wildman–Crippen MR) is 68.4 cm³/mol. The van der Waals surface area contributed by atoms with Crippen LogP contribution in [0.15, 0.2) is 24.3 Å². The molecule has 0 radical (unpaired) electrons. The molecule has 1 amide bonds. The maximum Gasteiger partial charge on any atom is 0.416 e. The molecular formula is C13H14F3NO5. The monoisotopic (exact) mass is 321 g/mol. The number of benzene rings is 1. The van der Waals surface area contributed by atoms with Crippen molar-refractivity contribution in [2.45, 2.75) is 12.3 Å². The normalized spacial score (nSPS) is 12.5. The van der Waals surface area contributed by atoms with Gasteiger partial charge in [-0.05, 0) is 24.3 Å². The number of carbonyl (C=O) groups is 2. The minimum Gasteiger partial charge on any atom is -0.484 e. The molecule has 0 aliphatic rings. The van der Waals surface area contributed by atoms with Crippen molar-refractivity contribution in [3.8, 4) is 5.75 Å². The Morgan fingerprint density at radius 1 is 1.27 bits per heavy atom. The average molecular weight is 321 g/mol. The zero-order valence-corrected chi connectivity index (χ0v) is 11.5. The number of halogens is 3. The number of rotatable bonds is 7. The van der Waals surface area contributed by atoms with Gasteiger partial charge in [0.05, 0.1) is 12.1 Å². The number of aliphatic carboxylic acids is 1. The van der Waals surface area contributed by atoms with Gasteiger partial charge in [-0.1, -0.05) is 0 Å². The van der Waals surface area contributed by atoms with Crippen LogP contribution in [0.2, 0.25) is 0 Å². The first-order chi connectivity index (χ1) is 10.2. The van der Waals surface area contributed by atoms with Crippen LogP contribution in [-0.2, 0) is 20.5 Å². The number of amides is 1. The molecule has 0 aliphatic heterocycles. The van der Waals surface area contributed by atoms with Gasteiger partial charge < -0.3 is 19.9 Å². The van der Waals surface area contributed by atoms with Crippen molar-refractivity contribution in [1.82, 2.24) is 5.32 Å². The summed E-state index contributed by atoms with van der Waals surface area (Å²) in [5, 5.41) is 11.0. The molecule has 0 heterocycles. The van der Waals surface area contributed by atoms with Gasteiger partial charge in [-0.25, -0.2) is 4.79 Å². The van der Waals surface area contributed by atoms with Gasteiger partial charge in [0, 0.05) is 7.11 Å². The Hall–Kier alpha value is -2.29. The fourth-order valence-electron chi connectivity index (χ4n) is 1.42. The lowest BCUT2D eigenvalue weighted by Crippen LogP contribution is -2.39. The summed E-state index contributed by atoms with van der Waals surface area (Å²) in [6.45, 7) is -0.706. The Bertz CT molecular complexity index is 515. The molecule has 1 aromatic carbocycles. The third-order valence-electron chi connectivity index (χ3n) is 2.60. The number of carboxylic acid groups (broad SMARTS) is 1. The standard InChI is InChI=1S/C13H14F3NO5/c1-21-10(12(19)20)6-17-11(18)7-22-9-4-2-8(3-5-9)13(14,15)16/h2-5,10H,6-7H2,1H3,(H,17,18)(H,19,20). The molecule has 9 heteroatoms. The van der Waals surface area contributed by atoms with Crippen LogP contribution in [0.1, 0.15) is 5.56 Å². The molecular weight excluding hydrogens is 307 g/mol. The number of carbonyl (C=O) groups excluding carboxylic acids is 1. The number of hydrogen-bond acceptors (Lipinski definition) is 4. The van der Waals surface area contributed by atoms with Crippen molar-refractivity contribution >= 4 is 11.9 Å². The summed E-state index contributed by atoms with van der Waals surface area (Å²) < 4.78 is 46.6. The van der Waals surface area contributed by atoms with Crippen molar-refractivity contribution in [3.05, 3.63) is 29.8 Å². The Morgan fingerprint density at radius 2 is 1.86 bits per heavy atom. The maximum absolute atomic E-state index is 12.3. The van der Waals surface area contributed by atoms with E-state index >= 15 is 0 Å². The van der Waals surface area contributed by atoms with Crippen molar-refractivity contribution in [2.24, 2.45) is 0 Å². The van der Waals surface area contributed by atoms with Gasteiger partial charge in [-0.15, -0.1) is 0 Å². The van der Waals surface area contributed by atoms with Gasteiger partial charge in [0.1, 0.15) is 5.75 Å². The molecule has 1 aromatic rings. The smallest absolute Gasteiger partial charge is 0.416 e. The van der Waals surface area contributed by atoms with E-state index in [0.717, 1.165) is 24.3 Å². The van der Waals surface area contributed by atoms with Gasteiger partial charge >= 0.3 is 12.1 Å². The Labute approximate surface area is 123 Å². The summed E-state index contributed by atoms with van der Waals surface area (Å²) in [4.78, 5) is 22.1. The van der Waals surface area contributed by atoms with Crippen LogP contribution in [0.25, 0.3) is 0 Å². The van der Waals surface area contributed by atoms with Crippen molar-refractivity contribution in [1.29, 1.82) is 0 Å². The molecule has 0 aromatic heterocycles. The van der Waals surface area contributed by atoms with E-state index in [9.17, 15) is 22.8 Å². The summed E-state index contributed by atoms with van der Waals surface area (Å²) in [5.41, 5.74) is -0.825. The number of nitrogens with one attached hydrogen (secondary N) is 1. The summed E-state index contributed by atoms with van der Waals surface area (Å²) in [6, 6.07) is 3.84. The Morgan fingerprint density at radius 3 is 2.32 bits per heavy atom. The van der Waals surface area contributed by atoms with Crippen LogP contribution >= 0.6 is 0 Å². The van der Waals surface area contributed by atoms with E-state index in [1.54, 1.807) is 0 Å². The SMILES string of the molecule is COC(CNC(=O)COc1ccc(C(F)(F)F)cc1)C(=O)O. The quantitative estimate of drug-likeness (QED) is 0.791. The number of ether oxygens (including phenoxy) is 2. The fraction of sp³-hybridized carbons (Fsp3) is 0.385. The highest BCUT2D eigenvalue weighted by Gasteiger charge is 2.30. The minimum absolute atomic E-state index is 0.0877. The summed E-state index contributed by atoms with van der Waals surface area (Å²) in [7, 11) is 1.18. The minimum atomic E-state index is -4.44.